The fourth-order valence-corrected chi connectivity index (χ4v) is 1.52. The first-order valence-corrected chi connectivity index (χ1v) is 4.96. The number of aliphatic hydroxyl groups is 2. The molecule has 2 heteroatoms. The van der Waals surface area contributed by atoms with Gasteiger partial charge in [0.2, 0.25) is 0 Å². The van der Waals surface area contributed by atoms with E-state index in [1.54, 1.807) is 0 Å². The van der Waals surface area contributed by atoms with Crippen molar-refractivity contribution in [3.8, 4) is 0 Å². The fourth-order valence-electron chi connectivity index (χ4n) is 1.52. The van der Waals surface area contributed by atoms with Crippen molar-refractivity contribution in [3.05, 3.63) is 0 Å². The Morgan fingerprint density at radius 2 is 1.58 bits per heavy atom. The number of aliphatic hydroxyl groups excluding tert-OH is 2. The van der Waals surface area contributed by atoms with Crippen LogP contribution >= 0.6 is 0 Å². The van der Waals surface area contributed by atoms with Crippen LogP contribution in [-0.2, 0) is 0 Å². The average Bonchev–Trinajstić information content (AvgIpc) is 2.14. The summed E-state index contributed by atoms with van der Waals surface area (Å²) >= 11 is 0. The van der Waals surface area contributed by atoms with Gasteiger partial charge < -0.3 is 10.2 Å². The molecule has 0 fully saturated rings. The van der Waals surface area contributed by atoms with Crippen LogP contribution in [0.4, 0.5) is 0 Å². The minimum atomic E-state index is 0.120. The zero-order chi connectivity index (χ0) is 9.45. The monoisotopic (exact) mass is 174 g/mol. The quantitative estimate of drug-likeness (QED) is 0.579. The summed E-state index contributed by atoms with van der Waals surface area (Å²) < 4.78 is 0. The van der Waals surface area contributed by atoms with Crippen molar-refractivity contribution < 1.29 is 10.2 Å². The van der Waals surface area contributed by atoms with Gasteiger partial charge in [0.25, 0.3) is 0 Å². The third kappa shape index (κ3) is 3.55. The summed E-state index contributed by atoms with van der Waals surface area (Å²) in [6.07, 6.45) is 4.99. The second-order valence-electron chi connectivity index (χ2n) is 3.55. The Labute approximate surface area is 75.6 Å². The summed E-state index contributed by atoms with van der Waals surface area (Å²) in [6, 6.07) is 0. The second-order valence-corrected chi connectivity index (χ2v) is 3.55. The molecule has 0 aliphatic carbocycles. The van der Waals surface area contributed by atoms with Crippen LogP contribution in [0.15, 0.2) is 0 Å². The van der Waals surface area contributed by atoms with Crippen LogP contribution in [0.3, 0.4) is 0 Å². The first kappa shape index (κ1) is 11.9. The van der Waals surface area contributed by atoms with E-state index < -0.39 is 0 Å². The molecule has 0 amide bonds. The summed E-state index contributed by atoms with van der Waals surface area (Å²) in [7, 11) is 0. The normalized spacial score (nSPS) is 12.0. The Morgan fingerprint density at radius 1 is 1.00 bits per heavy atom. The predicted octanol–water partition coefficient (Wildman–Crippen LogP) is 1.95. The molecule has 2 nitrogen and oxygen atoms in total. The van der Waals surface area contributed by atoms with Crippen LogP contribution in [0.25, 0.3) is 0 Å². The second kappa shape index (κ2) is 6.44. The zero-order valence-corrected chi connectivity index (χ0v) is 8.34. The molecular weight excluding hydrogens is 152 g/mol. The average molecular weight is 174 g/mol. The molecule has 0 unspecified atom stereocenters. The molecule has 12 heavy (non-hydrogen) atoms. The largest absolute Gasteiger partial charge is 0.396 e. The lowest BCUT2D eigenvalue weighted by Crippen LogP contribution is -2.23. The molecule has 0 saturated heterocycles. The highest BCUT2D eigenvalue weighted by Crippen LogP contribution is 2.31. The Hall–Kier alpha value is -0.0800. The van der Waals surface area contributed by atoms with Gasteiger partial charge in [0, 0.05) is 13.2 Å². The molecule has 0 rings (SSSR count). The first-order valence-electron chi connectivity index (χ1n) is 4.96. The van der Waals surface area contributed by atoms with E-state index in [-0.39, 0.29) is 18.6 Å². The topological polar surface area (TPSA) is 40.5 Å². The Bertz CT molecular complexity index is 89.7. The highest BCUT2D eigenvalue weighted by Gasteiger charge is 2.23. The Kier molecular flexibility index (Phi) is 6.39. The summed E-state index contributed by atoms with van der Waals surface area (Å²) in [6.45, 7) is 4.80. The number of unbranched alkanes of at least 4 members (excludes halogenated alkanes) is 1. The van der Waals surface area contributed by atoms with E-state index in [0.717, 1.165) is 32.1 Å². The molecule has 74 valence electrons. The highest BCUT2D eigenvalue weighted by molar-refractivity contribution is 4.75. The maximum absolute atomic E-state index is 9.21. The van der Waals surface area contributed by atoms with Crippen LogP contribution in [0.2, 0.25) is 0 Å². The SMILES string of the molecule is CCC(CC)(CO)CCCCO. The summed E-state index contributed by atoms with van der Waals surface area (Å²) in [5, 5.41) is 17.8. The molecule has 0 aromatic rings. The van der Waals surface area contributed by atoms with Crippen molar-refractivity contribution in [3.63, 3.8) is 0 Å². The van der Waals surface area contributed by atoms with E-state index in [0.29, 0.717) is 0 Å². The Morgan fingerprint density at radius 3 is 1.92 bits per heavy atom. The van der Waals surface area contributed by atoms with Gasteiger partial charge in [0.05, 0.1) is 0 Å². The molecule has 2 N–H and O–H groups in total. The number of rotatable bonds is 7. The molecule has 0 saturated carbocycles. The van der Waals surface area contributed by atoms with Gasteiger partial charge in [-0.2, -0.15) is 0 Å². The van der Waals surface area contributed by atoms with Gasteiger partial charge in [-0.25, -0.2) is 0 Å². The van der Waals surface area contributed by atoms with Crippen LogP contribution in [-0.4, -0.2) is 23.4 Å². The fraction of sp³-hybridized carbons (Fsp3) is 1.00. The van der Waals surface area contributed by atoms with Crippen molar-refractivity contribution in [2.75, 3.05) is 13.2 Å². The molecule has 0 atom stereocenters. The van der Waals surface area contributed by atoms with Crippen molar-refractivity contribution in [2.45, 2.75) is 46.0 Å². The van der Waals surface area contributed by atoms with E-state index >= 15 is 0 Å². The number of hydrogen-bond acceptors (Lipinski definition) is 2. The molecule has 0 spiro atoms. The lowest BCUT2D eigenvalue weighted by Gasteiger charge is -2.29. The van der Waals surface area contributed by atoms with E-state index in [4.69, 9.17) is 5.11 Å². The minimum Gasteiger partial charge on any atom is -0.396 e. The van der Waals surface area contributed by atoms with E-state index in [1.807, 2.05) is 0 Å². The lowest BCUT2D eigenvalue weighted by atomic mass is 9.79. The van der Waals surface area contributed by atoms with Crippen molar-refractivity contribution in [1.82, 2.24) is 0 Å². The molecule has 0 aromatic heterocycles. The summed E-state index contributed by atoms with van der Waals surface area (Å²) in [5.74, 6) is 0. The summed E-state index contributed by atoms with van der Waals surface area (Å²) in [4.78, 5) is 0. The van der Waals surface area contributed by atoms with Crippen molar-refractivity contribution >= 4 is 0 Å². The van der Waals surface area contributed by atoms with Gasteiger partial charge in [0.15, 0.2) is 0 Å². The van der Waals surface area contributed by atoms with Gasteiger partial charge in [-0.1, -0.05) is 20.3 Å². The van der Waals surface area contributed by atoms with Gasteiger partial charge >= 0.3 is 0 Å². The minimum absolute atomic E-state index is 0.120. The van der Waals surface area contributed by atoms with Gasteiger partial charge in [0.1, 0.15) is 0 Å². The smallest absolute Gasteiger partial charge is 0.0487 e. The van der Waals surface area contributed by atoms with Crippen LogP contribution < -0.4 is 0 Å². The molecular formula is C10H22O2. The summed E-state index contributed by atoms with van der Waals surface area (Å²) in [5.41, 5.74) is 0.120. The van der Waals surface area contributed by atoms with Crippen LogP contribution in [0.5, 0.6) is 0 Å². The molecule has 0 radical (unpaired) electrons. The lowest BCUT2D eigenvalue weighted by molar-refractivity contribution is 0.100. The maximum atomic E-state index is 9.21. The van der Waals surface area contributed by atoms with Crippen LogP contribution in [0, 0.1) is 5.41 Å². The third-order valence-electron chi connectivity index (χ3n) is 2.95. The van der Waals surface area contributed by atoms with Crippen molar-refractivity contribution in [1.29, 1.82) is 0 Å². The molecule has 0 aliphatic heterocycles. The zero-order valence-electron chi connectivity index (χ0n) is 8.34. The highest BCUT2D eigenvalue weighted by atomic mass is 16.3. The van der Waals surface area contributed by atoms with Crippen molar-refractivity contribution in [2.24, 2.45) is 5.41 Å². The first-order chi connectivity index (χ1) is 5.74. The predicted molar refractivity (Wildman–Crippen MR) is 51.0 cm³/mol. The maximum Gasteiger partial charge on any atom is 0.0487 e. The molecule has 0 bridgehead atoms. The van der Waals surface area contributed by atoms with E-state index in [9.17, 15) is 5.11 Å². The number of hydrogen-bond donors (Lipinski definition) is 2. The van der Waals surface area contributed by atoms with Gasteiger partial charge in [-0.3, -0.25) is 0 Å². The van der Waals surface area contributed by atoms with Gasteiger partial charge in [-0.05, 0) is 31.1 Å². The Balaban J connectivity index is 3.76. The molecule has 0 aromatic carbocycles. The standard InChI is InChI=1S/C10H22O2/c1-3-10(4-2,9-12)7-5-6-8-11/h11-12H,3-9H2,1-2H3. The molecule has 0 heterocycles. The third-order valence-corrected chi connectivity index (χ3v) is 2.95. The van der Waals surface area contributed by atoms with E-state index in [1.165, 1.54) is 0 Å². The van der Waals surface area contributed by atoms with Gasteiger partial charge in [-0.15, -0.1) is 0 Å². The molecule has 0 aliphatic rings. The van der Waals surface area contributed by atoms with E-state index in [2.05, 4.69) is 13.8 Å². The van der Waals surface area contributed by atoms with Crippen LogP contribution in [0.1, 0.15) is 46.0 Å².